The molecule has 1 atom stereocenters. The van der Waals surface area contributed by atoms with E-state index in [2.05, 4.69) is 4.98 Å². The molecule has 0 saturated heterocycles. The second-order valence-corrected chi connectivity index (χ2v) is 6.76. The minimum absolute atomic E-state index is 0.0664. The monoisotopic (exact) mass is 417 g/mol. The van der Waals surface area contributed by atoms with Gasteiger partial charge in [-0.2, -0.15) is 13.2 Å². The third kappa shape index (κ3) is 6.77. The van der Waals surface area contributed by atoms with Crippen LogP contribution in [-0.2, 0) is 11.3 Å². The smallest absolute Gasteiger partial charge is 0.397 e. The molecule has 0 amide bonds. The van der Waals surface area contributed by atoms with Crippen LogP contribution >= 0.6 is 0 Å². The Balaban J connectivity index is 1.53. The van der Waals surface area contributed by atoms with Crippen LogP contribution in [0.15, 0.2) is 72.8 Å². The highest BCUT2D eigenvalue weighted by Crippen LogP contribution is 2.28. The number of para-hydroxylation sites is 1. The summed E-state index contributed by atoms with van der Waals surface area (Å²) in [5, 5.41) is 0. The molecule has 0 spiro atoms. The van der Waals surface area contributed by atoms with Crippen LogP contribution in [0, 0.1) is 12.8 Å². The molecule has 158 valence electrons. The Morgan fingerprint density at radius 2 is 1.57 bits per heavy atom. The summed E-state index contributed by atoms with van der Waals surface area (Å²) in [5.41, 5.74) is 1.48. The summed E-state index contributed by atoms with van der Waals surface area (Å²) in [6.45, 7) is 0.783. The molecule has 7 heteroatoms. The zero-order chi connectivity index (χ0) is 21.4. The van der Waals surface area contributed by atoms with Crippen molar-refractivity contribution in [3.8, 4) is 17.4 Å². The van der Waals surface area contributed by atoms with E-state index in [0.29, 0.717) is 23.1 Å². The van der Waals surface area contributed by atoms with E-state index in [4.69, 9.17) is 14.2 Å². The molecule has 0 radical (unpaired) electrons. The molecule has 0 fully saturated rings. The lowest BCUT2D eigenvalue weighted by atomic mass is 10.1. The number of hydrogen-bond acceptors (Lipinski definition) is 4. The standard InChI is InChI=1S/C23H22F3NO3/c1-17-10-12-20(13-11-17)29-15-18(23(24,25)26)14-28-16-19-6-5-9-22(27-19)30-21-7-3-2-4-8-21/h2-13,18H,14-16H2,1H3. The fraction of sp³-hybridized carbons (Fsp3) is 0.261. The second kappa shape index (κ2) is 10.1. The van der Waals surface area contributed by atoms with Gasteiger partial charge in [0.2, 0.25) is 5.88 Å². The summed E-state index contributed by atoms with van der Waals surface area (Å²) in [4.78, 5) is 4.27. The zero-order valence-corrected chi connectivity index (χ0v) is 16.4. The van der Waals surface area contributed by atoms with Crippen molar-refractivity contribution in [2.75, 3.05) is 13.2 Å². The Morgan fingerprint density at radius 1 is 0.833 bits per heavy atom. The Kier molecular flexibility index (Phi) is 7.30. The van der Waals surface area contributed by atoms with Crippen molar-refractivity contribution in [2.24, 2.45) is 5.92 Å². The van der Waals surface area contributed by atoms with Gasteiger partial charge in [-0.3, -0.25) is 0 Å². The molecule has 3 rings (SSSR count). The van der Waals surface area contributed by atoms with Crippen LogP contribution in [0.25, 0.3) is 0 Å². The maximum Gasteiger partial charge on any atom is 0.397 e. The van der Waals surface area contributed by atoms with Gasteiger partial charge in [0.1, 0.15) is 24.0 Å². The lowest BCUT2D eigenvalue weighted by Gasteiger charge is -2.20. The quantitative estimate of drug-likeness (QED) is 0.431. The van der Waals surface area contributed by atoms with Crippen LogP contribution in [0.2, 0.25) is 0 Å². The first-order valence-corrected chi connectivity index (χ1v) is 9.43. The molecule has 0 aliphatic carbocycles. The number of ether oxygens (including phenoxy) is 3. The second-order valence-electron chi connectivity index (χ2n) is 6.76. The Bertz CT molecular complexity index is 915. The van der Waals surface area contributed by atoms with Gasteiger partial charge in [-0.1, -0.05) is 42.0 Å². The number of pyridine rings is 1. The van der Waals surface area contributed by atoms with Crippen molar-refractivity contribution >= 4 is 0 Å². The number of alkyl halides is 3. The van der Waals surface area contributed by atoms with Crippen molar-refractivity contribution in [3.63, 3.8) is 0 Å². The van der Waals surface area contributed by atoms with Gasteiger partial charge in [-0.15, -0.1) is 0 Å². The fourth-order valence-corrected chi connectivity index (χ4v) is 2.58. The highest BCUT2D eigenvalue weighted by molar-refractivity contribution is 5.27. The number of rotatable bonds is 9. The van der Waals surface area contributed by atoms with Crippen LogP contribution in [0.3, 0.4) is 0 Å². The first-order chi connectivity index (χ1) is 14.4. The molecule has 1 heterocycles. The molecule has 0 bridgehead atoms. The van der Waals surface area contributed by atoms with Crippen molar-refractivity contribution < 1.29 is 27.4 Å². The fourth-order valence-electron chi connectivity index (χ4n) is 2.58. The average Bonchev–Trinajstić information content (AvgIpc) is 2.72. The Morgan fingerprint density at radius 3 is 2.27 bits per heavy atom. The van der Waals surface area contributed by atoms with Crippen molar-refractivity contribution in [3.05, 3.63) is 84.1 Å². The minimum atomic E-state index is -4.43. The lowest BCUT2D eigenvalue weighted by molar-refractivity contribution is -0.196. The first kappa shape index (κ1) is 21.6. The number of hydrogen-bond donors (Lipinski definition) is 0. The van der Waals surface area contributed by atoms with Gasteiger partial charge in [-0.05, 0) is 37.3 Å². The average molecular weight is 417 g/mol. The Labute approximate surface area is 173 Å². The summed E-state index contributed by atoms with van der Waals surface area (Å²) in [5.74, 6) is -0.393. The van der Waals surface area contributed by atoms with Crippen LogP contribution in [0.4, 0.5) is 13.2 Å². The van der Waals surface area contributed by atoms with Crippen molar-refractivity contribution in [1.29, 1.82) is 0 Å². The number of aromatic nitrogens is 1. The SMILES string of the molecule is Cc1ccc(OCC(COCc2cccc(Oc3ccccc3)n2)C(F)(F)F)cc1. The van der Waals surface area contributed by atoms with Gasteiger partial charge >= 0.3 is 6.18 Å². The van der Waals surface area contributed by atoms with Crippen LogP contribution in [0.5, 0.6) is 17.4 Å². The van der Waals surface area contributed by atoms with Gasteiger partial charge in [0.15, 0.2) is 0 Å². The highest BCUT2D eigenvalue weighted by Gasteiger charge is 2.40. The van der Waals surface area contributed by atoms with Crippen LogP contribution in [0.1, 0.15) is 11.3 Å². The summed E-state index contributed by atoms with van der Waals surface area (Å²) in [6.07, 6.45) is -4.43. The molecular formula is C23H22F3NO3. The topological polar surface area (TPSA) is 40.6 Å². The first-order valence-electron chi connectivity index (χ1n) is 9.43. The van der Waals surface area contributed by atoms with Gasteiger partial charge in [0.25, 0.3) is 0 Å². The maximum absolute atomic E-state index is 13.3. The van der Waals surface area contributed by atoms with Gasteiger partial charge in [-0.25, -0.2) is 4.98 Å². The number of nitrogens with zero attached hydrogens (tertiary/aromatic N) is 1. The largest absolute Gasteiger partial charge is 0.493 e. The normalized spacial score (nSPS) is 12.4. The zero-order valence-electron chi connectivity index (χ0n) is 16.4. The number of halogens is 3. The predicted octanol–water partition coefficient (Wildman–Crippen LogP) is 5.96. The molecule has 0 aliphatic heterocycles. The van der Waals surface area contributed by atoms with Gasteiger partial charge in [0, 0.05) is 6.07 Å². The summed E-state index contributed by atoms with van der Waals surface area (Å²) < 4.78 is 56.2. The third-order valence-corrected chi connectivity index (χ3v) is 4.25. The van der Waals surface area contributed by atoms with E-state index < -0.39 is 25.3 Å². The molecule has 0 N–H and O–H groups in total. The van der Waals surface area contributed by atoms with E-state index in [0.717, 1.165) is 5.56 Å². The minimum Gasteiger partial charge on any atom is -0.493 e. The number of aryl methyl sites for hydroxylation is 1. The Hall–Kier alpha value is -3.06. The molecule has 30 heavy (non-hydrogen) atoms. The van der Waals surface area contributed by atoms with E-state index in [-0.39, 0.29) is 6.61 Å². The molecule has 2 aromatic carbocycles. The molecule has 3 aromatic rings. The molecule has 4 nitrogen and oxygen atoms in total. The van der Waals surface area contributed by atoms with Crippen LogP contribution in [-0.4, -0.2) is 24.4 Å². The molecule has 0 saturated carbocycles. The van der Waals surface area contributed by atoms with Crippen molar-refractivity contribution in [1.82, 2.24) is 4.98 Å². The van der Waals surface area contributed by atoms with E-state index in [1.807, 2.05) is 25.1 Å². The summed E-state index contributed by atoms with van der Waals surface area (Å²) >= 11 is 0. The molecule has 0 aliphatic rings. The summed E-state index contributed by atoms with van der Waals surface area (Å²) in [7, 11) is 0. The van der Waals surface area contributed by atoms with Crippen molar-refractivity contribution in [2.45, 2.75) is 19.7 Å². The van der Waals surface area contributed by atoms with Gasteiger partial charge < -0.3 is 14.2 Å². The van der Waals surface area contributed by atoms with Crippen LogP contribution < -0.4 is 9.47 Å². The van der Waals surface area contributed by atoms with Gasteiger partial charge in [0.05, 0.1) is 18.9 Å². The highest BCUT2D eigenvalue weighted by atomic mass is 19.4. The molecule has 1 unspecified atom stereocenters. The number of benzene rings is 2. The lowest BCUT2D eigenvalue weighted by Crippen LogP contribution is -2.32. The molecule has 1 aromatic heterocycles. The maximum atomic E-state index is 13.3. The van der Waals surface area contributed by atoms with E-state index in [1.54, 1.807) is 54.6 Å². The molecular weight excluding hydrogens is 395 g/mol. The third-order valence-electron chi connectivity index (χ3n) is 4.25. The van der Waals surface area contributed by atoms with E-state index >= 15 is 0 Å². The predicted molar refractivity (Wildman–Crippen MR) is 107 cm³/mol. The van der Waals surface area contributed by atoms with E-state index in [9.17, 15) is 13.2 Å². The van der Waals surface area contributed by atoms with E-state index in [1.165, 1.54) is 0 Å². The summed E-state index contributed by atoms with van der Waals surface area (Å²) in [6, 6.07) is 21.0.